The number of piperidine rings is 1. The van der Waals surface area contributed by atoms with Gasteiger partial charge in [-0.1, -0.05) is 54.4 Å². The number of carbonyl (C=O) groups is 2. The molecule has 3 atom stereocenters. The molecule has 0 N–H and O–H groups in total. The van der Waals surface area contributed by atoms with E-state index in [0.29, 0.717) is 29.3 Å². The zero-order valence-corrected chi connectivity index (χ0v) is 17.4. The van der Waals surface area contributed by atoms with Crippen molar-refractivity contribution in [2.24, 2.45) is 0 Å². The van der Waals surface area contributed by atoms with Crippen LogP contribution in [0.15, 0.2) is 48.5 Å². The molecule has 1 unspecified atom stereocenters. The highest BCUT2D eigenvalue weighted by Gasteiger charge is 2.43. The van der Waals surface area contributed by atoms with E-state index in [1.807, 2.05) is 55.5 Å². The Morgan fingerprint density at radius 2 is 1.86 bits per heavy atom. The van der Waals surface area contributed by atoms with Gasteiger partial charge in [0.05, 0.1) is 13.2 Å². The molecule has 1 amide bonds. The molecule has 0 bridgehead atoms. The summed E-state index contributed by atoms with van der Waals surface area (Å²) >= 11 is 12.3. The Morgan fingerprint density at radius 1 is 1.14 bits per heavy atom. The molecule has 4 nitrogen and oxygen atoms in total. The minimum Gasteiger partial charge on any atom is -0.467 e. The minimum atomic E-state index is -0.639. The maximum atomic E-state index is 13.0. The number of halogens is 2. The van der Waals surface area contributed by atoms with Crippen LogP contribution in [0.2, 0.25) is 10.0 Å². The monoisotopic (exact) mass is 419 g/mol. The Labute approximate surface area is 175 Å². The lowest BCUT2D eigenvalue weighted by molar-refractivity contribution is -0.157. The van der Waals surface area contributed by atoms with E-state index in [4.69, 9.17) is 27.9 Å². The van der Waals surface area contributed by atoms with Gasteiger partial charge in [0.25, 0.3) is 0 Å². The first-order valence-electron chi connectivity index (χ1n) is 9.36. The molecule has 1 saturated heterocycles. The second kappa shape index (κ2) is 8.97. The fourth-order valence-corrected chi connectivity index (χ4v) is 4.36. The van der Waals surface area contributed by atoms with Gasteiger partial charge in [-0.25, -0.2) is 4.79 Å². The van der Waals surface area contributed by atoms with Crippen LogP contribution in [0.5, 0.6) is 0 Å². The number of likely N-dealkylation sites (tertiary alicyclic amines) is 1. The summed E-state index contributed by atoms with van der Waals surface area (Å²) in [4.78, 5) is 27.1. The fourth-order valence-electron chi connectivity index (χ4n) is 4.03. The molecule has 3 rings (SSSR count). The molecular formula is C22H23Cl2NO3. The van der Waals surface area contributed by atoms with Gasteiger partial charge in [-0.3, -0.25) is 4.79 Å². The molecule has 28 heavy (non-hydrogen) atoms. The Hall–Kier alpha value is -2.04. The van der Waals surface area contributed by atoms with E-state index >= 15 is 0 Å². The number of hydrogen-bond acceptors (Lipinski definition) is 3. The first-order valence-corrected chi connectivity index (χ1v) is 10.1. The van der Waals surface area contributed by atoms with Crippen molar-refractivity contribution < 1.29 is 14.3 Å². The third-order valence-corrected chi connectivity index (χ3v) is 5.81. The Morgan fingerprint density at radius 3 is 2.46 bits per heavy atom. The first kappa shape index (κ1) is 20.7. The summed E-state index contributed by atoms with van der Waals surface area (Å²) in [5.74, 6) is -0.437. The zero-order valence-electron chi connectivity index (χ0n) is 15.9. The topological polar surface area (TPSA) is 46.6 Å². The zero-order chi connectivity index (χ0) is 20.3. The van der Waals surface area contributed by atoms with Crippen LogP contribution < -0.4 is 0 Å². The summed E-state index contributed by atoms with van der Waals surface area (Å²) in [6.07, 6.45) is 1.53. The van der Waals surface area contributed by atoms with Gasteiger partial charge in [-0.2, -0.15) is 0 Å². The van der Waals surface area contributed by atoms with Gasteiger partial charge in [-0.05, 0) is 48.2 Å². The molecule has 1 heterocycles. The van der Waals surface area contributed by atoms with E-state index in [1.54, 1.807) is 4.90 Å². The number of methoxy groups -OCH3 is 1. The lowest BCUT2D eigenvalue weighted by atomic mass is 9.79. The second-order valence-corrected chi connectivity index (χ2v) is 7.82. The maximum absolute atomic E-state index is 13.0. The van der Waals surface area contributed by atoms with Gasteiger partial charge in [0.2, 0.25) is 5.91 Å². The SMILES string of the molecule is CCC(C(=O)OC)N1C(=O)CC[C@H](c2cccc(Cl)c2)[C@H]1c1ccc(Cl)cc1. The molecule has 2 aromatic rings. The van der Waals surface area contributed by atoms with Crippen LogP contribution in [-0.2, 0) is 14.3 Å². The molecule has 6 heteroatoms. The van der Waals surface area contributed by atoms with Crippen molar-refractivity contribution >= 4 is 35.1 Å². The standard InChI is InChI=1S/C22H23Cl2NO3/c1-3-19(22(27)28-2)25-20(26)12-11-18(15-5-4-6-17(24)13-15)21(25)14-7-9-16(23)10-8-14/h4-10,13,18-19,21H,3,11-12H2,1-2H3/t18-,19?,21-/m1/s1. The van der Waals surface area contributed by atoms with Crippen molar-refractivity contribution in [1.29, 1.82) is 0 Å². The van der Waals surface area contributed by atoms with Crippen molar-refractivity contribution in [1.82, 2.24) is 4.90 Å². The third kappa shape index (κ3) is 4.18. The number of amides is 1. The fraction of sp³-hybridized carbons (Fsp3) is 0.364. The third-order valence-electron chi connectivity index (χ3n) is 5.32. The average Bonchev–Trinajstić information content (AvgIpc) is 2.70. The molecule has 0 spiro atoms. The summed E-state index contributed by atoms with van der Waals surface area (Å²) in [5, 5.41) is 1.27. The highest BCUT2D eigenvalue weighted by atomic mass is 35.5. The van der Waals surface area contributed by atoms with E-state index in [-0.39, 0.29) is 17.9 Å². The molecule has 0 aliphatic carbocycles. The van der Waals surface area contributed by atoms with Gasteiger partial charge in [0, 0.05) is 22.4 Å². The van der Waals surface area contributed by atoms with Gasteiger partial charge in [0.15, 0.2) is 0 Å². The summed E-state index contributed by atoms with van der Waals surface area (Å²) < 4.78 is 4.99. The minimum absolute atomic E-state index is 0.0104. The average molecular weight is 420 g/mol. The maximum Gasteiger partial charge on any atom is 0.328 e. The van der Waals surface area contributed by atoms with Crippen molar-refractivity contribution in [2.45, 2.75) is 44.2 Å². The van der Waals surface area contributed by atoms with Crippen LogP contribution in [0, 0.1) is 0 Å². The number of esters is 1. The largest absolute Gasteiger partial charge is 0.467 e. The Balaban J connectivity index is 2.12. The predicted molar refractivity (Wildman–Crippen MR) is 111 cm³/mol. The smallest absolute Gasteiger partial charge is 0.328 e. The van der Waals surface area contributed by atoms with Gasteiger partial charge in [-0.15, -0.1) is 0 Å². The molecule has 1 fully saturated rings. The van der Waals surface area contributed by atoms with E-state index in [2.05, 4.69) is 0 Å². The normalized spacial score (nSPS) is 20.7. The number of nitrogens with zero attached hydrogens (tertiary/aromatic N) is 1. The lowest BCUT2D eigenvalue weighted by Crippen LogP contribution is -2.51. The van der Waals surface area contributed by atoms with Crippen molar-refractivity contribution in [3.05, 3.63) is 69.7 Å². The highest BCUT2D eigenvalue weighted by molar-refractivity contribution is 6.30. The highest BCUT2D eigenvalue weighted by Crippen LogP contribution is 2.45. The molecular weight excluding hydrogens is 397 g/mol. The number of carbonyl (C=O) groups excluding carboxylic acids is 2. The number of benzene rings is 2. The predicted octanol–water partition coefficient (Wildman–Crippen LogP) is 5.39. The number of rotatable bonds is 5. The molecule has 0 aromatic heterocycles. The van der Waals surface area contributed by atoms with E-state index in [0.717, 1.165) is 11.1 Å². The van der Waals surface area contributed by atoms with Crippen LogP contribution in [0.3, 0.4) is 0 Å². The van der Waals surface area contributed by atoms with E-state index in [1.165, 1.54) is 7.11 Å². The van der Waals surface area contributed by atoms with Crippen molar-refractivity contribution in [3.8, 4) is 0 Å². The van der Waals surface area contributed by atoms with E-state index in [9.17, 15) is 9.59 Å². The Bertz CT molecular complexity index is 853. The molecule has 1 aliphatic rings. The van der Waals surface area contributed by atoms with Crippen molar-refractivity contribution in [2.75, 3.05) is 7.11 Å². The van der Waals surface area contributed by atoms with Gasteiger partial charge < -0.3 is 9.64 Å². The van der Waals surface area contributed by atoms with Crippen LogP contribution in [0.25, 0.3) is 0 Å². The molecule has 2 aromatic carbocycles. The van der Waals surface area contributed by atoms with E-state index < -0.39 is 12.0 Å². The summed E-state index contributed by atoms with van der Waals surface area (Å²) in [6, 6.07) is 14.2. The number of ether oxygens (including phenoxy) is 1. The lowest BCUT2D eigenvalue weighted by Gasteiger charge is -2.44. The van der Waals surface area contributed by atoms with Gasteiger partial charge in [0.1, 0.15) is 6.04 Å². The Kier molecular flexibility index (Phi) is 6.63. The van der Waals surface area contributed by atoms with Crippen LogP contribution in [0.4, 0.5) is 0 Å². The number of hydrogen-bond donors (Lipinski definition) is 0. The molecule has 0 saturated carbocycles. The van der Waals surface area contributed by atoms with Crippen LogP contribution in [0.1, 0.15) is 49.3 Å². The van der Waals surface area contributed by atoms with Crippen LogP contribution in [-0.4, -0.2) is 29.9 Å². The second-order valence-electron chi connectivity index (χ2n) is 6.94. The summed E-state index contributed by atoms with van der Waals surface area (Å²) in [5.41, 5.74) is 1.98. The molecule has 1 aliphatic heterocycles. The first-order chi connectivity index (χ1) is 13.5. The summed E-state index contributed by atoms with van der Waals surface area (Å²) in [6.45, 7) is 1.89. The van der Waals surface area contributed by atoms with Crippen molar-refractivity contribution in [3.63, 3.8) is 0 Å². The quantitative estimate of drug-likeness (QED) is 0.610. The molecule has 0 radical (unpaired) electrons. The van der Waals surface area contributed by atoms with Gasteiger partial charge >= 0.3 is 5.97 Å². The van der Waals surface area contributed by atoms with Crippen LogP contribution >= 0.6 is 23.2 Å². The molecule has 148 valence electrons. The summed E-state index contributed by atoms with van der Waals surface area (Å²) in [7, 11) is 1.35.